The van der Waals surface area contributed by atoms with Gasteiger partial charge in [0.1, 0.15) is 0 Å². The SMILES string of the molecule is CCOCCOCc1cccc(CNC(=O)c2ccn(-c3ccc(Cl)c(Cl)c3)n2)c1. The maximum Gasteiger partial charge on any atom is 0.272 e. The van der Waals surface area contributed by atoms with Gasteiger partial charge in [0.2, 0.25) is 0 Å². The lowest BCUT2D eigenvalue weighted by atomic mass is 10.1. The maximum absolute atomic E-state index is 12.5. The molecule has 0 aliphatic rings. The summed E-state index contributed by atoms with van der Waals surface area (Å²) in [6, 6.07) is 14.7. The van der Waals surface area contributed by atoms with E-state index in [0.717, 1.165) is 16.8 Å². The summed E-state index contributed by atoms with van der Waals surface area (Å²) in [5.74, 6) is -0.257. The van der Waals surface area contributed by atoms with Gasteiger partial charge in [0.25, 0.3) is 5.91 Å². The summed E-state index contributed by atoms with van der Waals surface area (Å²) in [6.07, 6.45) is 1.70. The molecule has 1 heterocycles. The molecule has 0 fully saturated rings. The Hall–Kier alpha value is -2.38. The lowest BCUT2D eigenvalue weighted by Crippen LogP contribution is -2.23. The smallest absolute Gasteiger partial charge is 0.272 e. The number of halogens is 2. The molecular weight excluding hydrogens is 425 g/mol. The first-order valence-corrected chi connectivity index (χ1v) is 10.3. The van der Waals surface area contributed by atoms with E-state index in [4.69, 9.17) is 32.7 Å². The Bertz CT molecular complexity index is 991. The Balaban J connectivity index is 1.54. The normalized spacial score (nSPS) is 10.9. The molecule has 3 rings (SSSR count). The molecule has 0 radical (unpaired) electrons. The maximum atomic E-state index is 12.5. The van der Waals surface area contributed by atoms with Crippen LogP contribution in [0.1, 0.15) is 28.5 Å². The van der Waals surface area contributed by atoms with E-state index >= 15 is 0 Å². The number of ether oxygens (including phenoxy) is 2. The van der Waals surface area contributed by atoms with E-state index in [9.17, 15) is 4.79 Å². The molecule has 158 valence electrons. The topological polar surface area (TPSA) is 65.4 Å². The van der Waals surface area contributed by atoms with Crippen molar-refractivity contribution in [2.24, 2.45) is 0 Å². The van der Waals surface area contributed by atoms with Crippen LogP contribution >= 0.6 is 23.2 Å². The Morgan fingerprint density at radius 2 is 1.83 bits per heavy atom. The third kappa shape index (κ3) is 6.31. The zero-order valence-electron chi connectivity index (χ0n) is 16.6. The average Bonchev–Trinajstić information content (AvgIpc) is 3.24. The molecule has 0 spiro atoms. The Labute approximate surface area is 185 Å². The van der Waals surface area contributed by atoms with Gasteiger partial charge in [-0.2, -0.15) is 5.10 Å². The minimum atomic E-state index is -0.257. The van der Waals surface area contributed by atoms with Gasteiger partial charge in [0, 0.05) is 19.3 Å². The lowest BCUT2D eigenvalue weighted by Gasteiger charge is -2.08. The minimum Gasteiger partial charge on any atom is -0.379 e. The summed E-state index contributed by atoms with van der Waals surface area (Å²) in [5, 5.41) is 8.10. The summed E-state index contributed by atoms with van der Waals surface area (Å²) >= 11 is 12.0. The average molecular weight is 448 g/mol. The van der Waals surface area contributed by atoms with Crippen LogP contribution in [0.15, 0.2) is 54.7 Å². The highest BCUT2D eigenvalue weighted by Gasteiger charge is 2.11. The van der Waals surface area contributed by atoms with E-state index in [1.165, 1.54) is 0 Å². The number of carbonyl (C=O) groups is 1. The van der Waals surface area contributed by atoms with Crippen LogP contribution in [-0.4, -0.2) is 35.5 Å². The number of nitrogens with one attached hydrogen (secondary N) is 1. The van der Waals surface area contributed by atoms with Crippen molar-refractivity contribution in [2.45, 2.75) is 20.1 Å². The number of rotatable bonds is 10. The second-order valence-corrected chi connectivity index (χ2v) is 7.31. The fraction of sp³-hybridized carbons (Fsp3) is 0.273. The van der Waals surface area contributed by atoms with Crippen LogP contribution in [0.4, 0.5) is 0 Å². The molecule has 0 aliphatic carbocycles. The number of hydrogen-bond acceptors (Lipinski definition) is 4. The quantitative estimate of drug-likeness (QED) is 0.458. The number of aromatic nitrogens is 2. The molecule has 30 heavy (non-hydrogen) atoms. The predicted octanol–water partition coefficient (Wildman–Crippen LogP) is 4.66. The van der Waals surface area contributed by atoms with Gasteiger partial charge in [-0.25, -0.2) is 4.68 Å². The Morgan fingerprint density at radius 1 is 1.03 bits per heavy atom. The van der Waals surface area contributed by atoms with Crippen molar-refractivity contribution in [3.05, 3.63) is 81.6 Å². The molecule has 1 N–H and O–H groups in total. The molecule has 0 unspecified atom stereocenters. The van der Waals surface area contributed by atoms with E-state index in [-0.39, 0.29) is 5.91 Å². The molecule has 1 aromatic heterocycles. The molecule has 2 aromatic carbocycles. The van der Waals surface area contributed by atoms with Gasteiger partial charge in [-0.1, -0.05) is 47.5 Å². The van der Waals surface area contributed by atoms with Crippen LogP contribution in [-0.2, 0) is 22.6 Å². The van der Waals surface area contributed by atoms with Crippen molar-refractivity contribution >= 4 is 29.1 Å². The lowest BCUT2D eigenvalue weighted by molar-refractivity contribution is 0.0453. The van der Waals surface area contributed by atoms with Crippen LogP contribution in [0.25, 0.3) is 5.69 Å². The molecule has 0 aliphatic heterocycles. The van der Waals surface area contributed by atoms with Gasteiger partial charge < -0.3 is 14.8 Å². The summed E-state index contributed by atoms with van der Waals surface area (Å²) in [6.45, 7) is 4.67. The summed E-state index contributed by atoms with van der Waals surface area (Å²) in [7, 11) is 0. The predicted molar refractivity (Wildman–Crippen MR) is 117 cm³/mol. The number of hydrogen-bond donors (Lipinski definition) is 1. The van der Waals surface area contributed by atoms with Crippen molar-refractivity contribution in [3.8, 4) is 5.69 Å². The van der Waals surface area contributed by atoms with Gasteiger partial charge in [-0.3, -0.25) is 4.79 Å². The molecule has 0 atom stereocenters. The number of carbonyl (C=O) groups excluding carboxylic acids is 1. The Kier molecular flexibility index (Phi) is 8.28. The summed E-state index contributed by atoms with van der Waals surface area (Å²) in [5.41, 5.74) is 3.07. The fourth-order valence-corrected chi connectivity index (χ4v) is 3.06. The van der Waals surface area contributed by atoms with Crippen molar-refractivity contribution in [1.29, 1.82) is 0 Å². The van der Waals surface area contributed by atoms with E-state index in [1.54, 1.807) is 35.1 Å². The number of nitrogens with zero attached hydrogens (tertiary/aromatic N) is 2. The van der Waals surface area contributed by atoms with Crippen LogP contribution in [0.5, 0.6) is 0 Å². The van der Waals surface area contributed by atoms with E-state index in [0.29, 0.717) is 48.7 Å². The van der Waals surface area contributed by atoms with Gasteiger partial charge in [-0.15, -0.1) is 0 Å². The molecule has 0 bridgehead atoms. The van der Waals surface area contributed by atoms with E-state index in [2.05, 4.69) is 10.4 Å². The third-order valence-corrected chi connectivity index (χ3v) is 5.02. The fourth-order valence-electron chi connectivity index (χ4n) is 2.77. The second kappa shape index (κ2) is 11.1. The summed E-state index contributed by atoms with van der Waals surface area (Å²) < 4.78 is 12.4. The minimum absolute atomic E-state index is 0.257. The van der Waals surface area contributed by atoms with Crippen LogP contribution < -0.4 is 5.32 Å². The number of amides is 1. The van der Waals surface area contributed by atoms with Gasteiger partial charge >= 0.3 is 0 Å². The first-order valence-electron chi connectivity index (χ1n) is 9.59. The van der Waals surface area contributed by atoms with E-state index < -0.39 is 0 Å². The van der Waals surface area contributed by atoms with Crippen molar-refractivity contribution in [2.75, 3.05) is 19.8 Å². The zero-order chi connectivity index (χ0) is 21.3. The highest BCUT2D eigenvalue weighted by molar-refractivity contribution is 6.42. The largest absolute Gasteiger partial charge is 0.379 e. The van der Waals surface area contributed by atoms with E-state index in [1.807, 2.05) is 31.2 Å². The molecule has 8 heteroatoms. The van der Waals surface area contributed by atoms with Crippen molar-refractivity contribution in [1.82, 2.24) is 15.1 Å². The summed E-state index contributed by atoms with van der Waals surface area (Å²) in [4.78, 5) is 12.5. The van der Waals surface area contributed by atoms with Crippen molar-refractivity contribution in [3.63, 3.8) is 0 Å². The molecule has 0 saturated carbocycles. The van der Waals surface area contributed by atoms with Gasteiger partial charge in [0.05, 0.1) is 35.6 Å². The van der Waals surface area contributed by atoms with Crippen LogP contribution in [0, 0.1) is 0 Å². The molecule has 6 nitrogen and oxygen atoms in total. The number of benzene rings is 2. The molecule has 0 saturated heterocycles. The highest BCUT2D eigenvalue weighted by Crippen LogP contribution is 2.24. The zero-order valence-corrected chi connectivity index (χ0v) is 18.1. The first kappa shape index (κ1) is 22.3. The van der Waals surface area contributed by atoms with Crippen molar-refractivity contribution < 1.29 is 14.3 Å². The van der Waals surface area contributed by atoms with Crippen LogP contribution in [0.2, 0.25) is 10.0 Å². The third-order valence-electron chi connectivity index (χ3n) is 4.28. The highest BCUT2D eigenvalue weighted by atomic mass is 35.5. The molecular formula is C22H23Cl2N3O3. The Morgan fingerprint density at radius 3 is 2.63 bits per heavy atom. The molecule has 1 amide bonds. The first-order chi connectivity index (χ1) is 14.6. The monoisotopic (exact) mass is 447 g/mol. The van der Waals surface area contributed by atoms with Gasteiger partial charge in [-0.05, 0) is 42.3 Å². The standard InChI is InChI=1S/C22H23Cl2N3O3/c1-2-29-10-11-30-15-17-5-3-4-16(12-17)14-25-22(28)21-8-9-27(26-21)18-6-7-19(23)20(24)13-18/h3-9,12-13H,2,10-11,14-15H2,1H3,(H,25,28). The molecule has 3 aromatic rings. The second-order valence-electron chi connectivity index (χ2n) is 6.50. The van der Waals surface area contributed by atoms with Crippen LogP contribution in [0.3, 0.4) is 0 Å². The van der Waals surface area contributed by atoms with Gasteiger partial charge in [0.15, 0.2) is 5.69 Å².